The van der Waals surface area contributed by atoms with E-state index in [2.05, 4.69) is 60.3 Å². The number of hydrogen-bond donors (Lipinski definition) is 2. The van der Waals surface area contributed by atoms with E-state index >= 15 is 0 Å². The molecule has 0 unspecified atom stereocenters. The second-order valence-corrected chi connectivity index (χ2v) is 8.49. The van der Waals surface area contributed by atoms with Gasteiger partial charge in [0.15, 0.2) is 5.82 Å². The number of aliphatic carboxylic acids is 1. The predicted molar refractivity (Wildman–Crippen MR) is 121 cm³/mol. The van der Waals surface area contributed by atoms with Crippen LogP contribution in [0.25, 0.3) is 22.5 Å². The van der Waals surface area contributed by atoms with Crippen LogP contribution in [-0.2, 0) is 21.4 Å². The van der Waals surface area contributed by atoms with E-state index < -0.39 is 5.97 Å². The Morgan fingerprint density at radius 3 is 2.00 bits per heavy atom. The van der Waals surface area contributed by atoms with Crippen molar-refractivity contribution in [2.24, 2.45) is 0 Å². The first kappa shape index (κ1) is 22.2. The monoisotopic (exact) mass is 417 g/mol. The molecular formula is C25H27N3O3. The van der Waals surface area contributed by atoms with Crippen LogP contribution in [0, 0.1) is 0 Å². The summed E-state index contributed by atoms with van der Waals surface area (Å²) in [5, 5.41) is 10.9. The molecule has 0 radical (unpaired) electrons. The van der Waals surface area contributed by atoms with Crippen LogP contribution in [0.15, 0.2) is 60.9 Å². The lowest BCUT2D eigenvalue weighted by Gasteiger charge is -2.19. The van der Waals surface area contributed by atoms with Crippen molar-refractivity contribution in [2.75, 3.05) is 6.54 Å². The lowest BCUT2D eigenvalue weighted by molar-refractivity contribution is -0.137. The number of carbonyl (C=O) groups is 2. The zero-order valence-corrected chi connectivity index (χ0v) is 18.1. The van der Waals surface area contributed by atoms with Crippen LogP contribution in [0.3, 0.4) is 0 Å². The summed E-state index contributed by atoms with van der Waals surface area (Å²) in [6, 6.07) is 16.2. The molecule has 2 N–H and O–H groups in total. The van der Waals surface area contributed by atoms with Gasteiger partial charge < -0.3 is 10.4 Å². The van der Waals surface area contributed by atoms with Crippen molar-refractivity contribution in [1.82, 2.24) is 15.3 Å². The van der Waals surface area contributed by atoms with Gasteiger partial charge in [0.25, 0.3) is 0 Å². The van der Waals surface area contributed by atoms with Crippen molar-refractivity contribution >= 4 is 11.9 Å². The molecule has 0 aliphatic carbocycles. The van der Waals surface area contributed by atoms with Gasteiger partial charge >= 0.3 is 5.97 Å². The molecule has 0 atom stereocenters. The standard InChI is InChI=1S/C25H27N3O3/c1-25(2,3)21-11-9-18(10-12-21)20-14-27-24(28-15-20)19-7-4-17(5-8-19)6-13-22(29)26-16-23(30)31/h4-5,7-12,14-15H,6,13,16H2,1-3H3,(H,26,29)(H,30,31). The Balaban J connectivity index is 1.62. The summed E-state index contributed by atoms with van der Waals surface area (Å²) in [5.41, 5.74) is 5.34. The van der Waals surface area contributed by atoms with Crippen molar-refractivity contribution in [1.29, 1.82) is 0 Å². The van der Waals surface area contributed by atoms with Gasteiger partial charge in [0.1, 0.15) is 6.54 Å². The van der Waals surface area contributed by atoms with Crippen LogP contribution in [0.1, 0.15) is 38.3 Å². The smallest absolute Gasteiger partial charge is 0.322 e. The van der Waals surface area contributed by atoms with Crippen molar-refractivity contribution in [3.05, 3.63) is 72.1 Å². The highest BCUT2D eigenvalue weighted by Crippen LogP contribution is 2.26. The van der Waals surface area contributed by atoms with Gasteiger partial charge in [-0.25, -0.2) is 9.97 Å². The molecule has 0 aliphatic rings. The SMILES string of the molecule is CC(C)(C)c1ccc(-c2cnc(-c3ccc(CCC(=O)NCC(=O)O)cc3)nc2)cc1. The van der Waals surface area contributed by atoms with Crippen molar-refractivity contribution in [3.63, 3.8) is 0 Å². The fourth-order valence-electron chi connectivity index (χ4n) is 3.13. The van der Waals surface area contributed by atoms with Crippen LogP contribution >= 0.6 is 0 Å². The third-order valence-electron chi connectivity index (χ3n) is 5.03. The van der Waals surface area contributed by atoms with E-state index in [1.54, 1.807) is 0 Å². The van der Waals surface area contributed by atoms with Crippen molar-refractivity contribution in [3.8, 4) is 22.5 Å². The molecule has 6 heteroatoms. The van der Waals surface area contributed by atoms with Crippen LogP contribution < -0.4 is 5.32 Å². The fraction of sp³-hybridized carbons (Fsp3) is 0.280. The number of hydrogen-bond acceptors (Lipinski definition) is 4. The molecular weight excluding hydrogens is 390 g/mol. The Morgan fingerprint density at radius 1 is 0.871 bits per heavy atom. The predicted octanol–water partition coefficient (Wildman–Crippen LogP) is 4.24. The number of carboxylic acid groups (broad SMARTS) is 1. The minimum atomic E-state index is -1.05. The maximum absolute atomic E-state index is 11.6. The topological polar surface area (TPSA) is 92.2 Å². The highest BCUT2D eigenvalue weighted by Gasteiger charge is 2.13. The number of nitrogens with zero attached hydrogens (tertiary/aromatic N) is 2. The molecule has 1 amide bonds. The number of aryl methyl sites for hydroxylation is 1. The lowest BCUT2D eigenvalue weighted by Crippen LogP contribution is -2.29. The summed E-state index contributed by atoms with van der Waals surface area (Å²) in [7, 11) is 0. The molecule has 31 heavy (non-hydrogen) atoms. The Bertz CT molecular complexity index is 1040. The molecule has 3 aromatic rings. The third kappa shape index (κ3) is 6.22. The molecule has 1 aromatic heterocycles. The van der Waals surface area contributed by atoms with E-state index in [4.69, 9.17) is 5.11 Å². The molecule has 2 aromatic carbocycles. The number of aromatic nitrogens is 2. The van der Waals surface area contributed by atoms with Crippen LogP contribution in [-0.4, -0.2) is 33.5 Å². The van der Waals surface area contributed by atoms with Gasteiger partial charge in [0.05, 0.1) is 0 Å². The zero-order valence-electron chi connectivity index (χ0n) is 18.1. The second kappa shape index (κ2) is 9.51. The molecule has 3 rings (SSSR count). The van der Waals surface area contributed by atoms with E-state index in [9.17, 15) is 9.59 Å². The largest absolute Gasteiger partial charge is 0.480 e. The van der Waals surface area contributed by atoms with E-state index in [1.165, 1.54) is 5.56 Å². The fourth-order valence-corrected chi connectivity index (χ4v) is 3.13. The summed E-state index contributed by atoms with van der Waals surface area (Å²) < 4.78 is 0. The highest BCUT2D eigenvalue weighted by molar-refractivity contribution is 5.81. The number of rotatable bonds is 7. The molecule has 0 bridgehead atoms. The Labute approximate surface area is 182 Å². The molecule has 160 valence electrons. The van der Waals surface area contributed by atoms with Crippen LogP contribution in [0.2, 0.25) is 0 Å². The zero-order chi connectivity index (χ0) is 22.4. The first-order valence-electron chi connectivity index (χ1n) is 10.2. The maximum atomic E-state index is 11.6. The summed E-state index contributed by atoms with van der Waals surface area (Å²) >= 11 is 0. The molecule has 0 spiro atoms. The maximum Gasteiger partial charge on any atom is 0.322 e. The van der Waals surface area contributed by atoms with Crippen molar-refractivity contribution < 1.29 is 14.7 Å². The van der Waals surface area contributed by atoms with Gasteiger partial charge in [-0.3, -0.25) is 9.59 Å². The number of nitrogens with one attached hydrogen (secondary N) is 1. The average molecular weight is 418 g/mol. The minimum Gasteiger partial charge on any atom is -0.480 e. The lowest BCUT2D eigenvalue weighted by atomic mass is 9.86. The Morgan fingerprint density at radius 2 is 1.45 bits per heavy atom. The second-order valence-electron chi connectivity index (χ2n) is 8.49. The van der Waals surface area contributed by atoms with E-state index in [0.29, 0.717) is 12.2 Å². The third-order valence-corrected chi connectivity index (χ3v) is 5.03. The Hall–Kier alpha value is -3.54. The quantitative estimate of drug-likeness (QED) is 0.600. The normalized spacial score (nSPS) is 11.2. The number of carbonyl (C=O) groups excluding carboxylic acids is 1. The van der Waals surface area contributed by atoms with E-state index in [0.717, 1.165) is 22.3 Å². The molecule has 0 aliphatic heterocycles. The summed E-state index contributed by atoms with van der Waals surface area (Å²) in [6.07, 6.45) is 4.44. The van der Waals surface area contributed by atoms with E-state index in [1.807, 2.05) is 36.7 Å². The highest BCUT2D eigenvalue weighted by atomic mass is 16.4. The minimum absolute atomic E-state index is 0.118. The van der Waals surface area contributed by atoms with Crippen molar-refractivity contribution in [2.45, 2.75) is 39.0 Å². The van der Waals surface area contributed by atoms with Gasteiger partial charge in [-0.05, 0) is 28.5 Å². The summed E-state index contributed by atoms with van der Waals surface area (Å²) in [4.78, 5) is 31.1. The number of amides is 1. The number of carboxylic acids is 1. The Kier molecular flexibility index (Phi) is 6.80. The van der Waals surface area contributed by atoms with Gasteiger partial charge in [-0.1, -0.05) is 69.3 Å². The first-order valence-corrected chi connectivity index (χ1v) is 10.2. The molecule has 0 fully saturated rings. The number of benzene rings is 2. The van der Waals surface area contributed by atoms with Gasteiger partial charge in [0.2, 0.25) is 5.91 Å². The average Bonchev–Trinajstić information content (AvgIpc) is 2.76. The van der Waals surface area contributed by atoms with Gasteiger partial charge in [0, 0.05) is 29.9 Å². The van der Waals surface area contributed by atoms with E-state index in [-0.39, 0.29) is 24.3 Å². The van der Waals surface area contributed by atoms with Crippen LogP contribution in [0.4, 0.5) is 0 Å². The molecule has 1 heterocycles. The summed E-state index contributed by atoms with van der Waals surface area (Å²) in [6.45, 7) is 6.23. The molecule has 6 nitrogen and oxygen atoms in total. The molecule has 0 saturated heterocycles. The van der Waals surface area contributed by atoms with Gasteiger partial charge in [-0.2, -0.15) is 0 Å². The summed E-state index contributed by atoms with van der Waals surface area (Å²) in [5.74, 6) is -0.688. The van der Waals surface area contributed by atoms with Gasteiger partial charge in [-0.15, -0.1) is 0 Å². The van der Waals surface area contributed by atoms with Crippen LogP contribution in [0.5, 0.6) is 0 Å². The first-order chi connectivity index (χ1) is 14.7. The molecule has 0 saturated carbocycles.